The van der Waals surface area contributed by atoms with Crippen LogP contribution in [0.25, 0.3) is 0 Å². The van der Waals surface area contributed by atoms with Gasteiger partial charge in [-0.05, 0) is 38.1 Å². The normalized spacial score (nSPS) is 14.9. The van der Waals surface area contributed by atoms with E-state index in [1.807, 2.05) is 0 Å². The van der Waals surface area contributed by atoms with Gasteiger partial charge in [-0.2, -0.15) is 10.2 Å². The van der Waals surface area contributed by atoms with Gasteiger partial charge in [-0.15, -0.1) is 12.3 Å². The molecule has 0 radical (unpaired) electrons. The minimum Gasteiger partial charge on any atom is -0.478 e. The maximum Gasteiger partial charge on any atom is 0.263 e. The molecule has 0 bridgehead atoms. The topological polar surface area (TPSA) is 63.0 Å². The average Bonchev–Trinajstić information content (AvgIpc) is 3.27. The molecule has 0 saturated carbocycles. The number of nitrogens with zero attached hydrogens (tertiary/aromatic N) is 2. The highest BCUT2D eigenvalue weighted by Crippen LogP contribution is 2.36. The summed E-state index contributed by atoms with van der Waals surface area (Å²) in [5.74, 6) is 2.98. The van der Waals surface area contributed by atoms with Gasteiger partial charge < -0.3 is 10.1 Å². The fraction of sp³-hybridized carbons (Fsp3) is 0.471. The van der Waals surface area contributed by atoms with Crippen LogP contribution in [0.5, 0.6) is 5.75 Å². The number of nitrogens with one attached hydrogen (secondary N) is 1. The Hall–Kier alpha value is -2.06. The van der Waals surface area contributed by atoms with Crippen LogP contribution in [0, 0.1) is 12.3 Å². The molecule has 1 aromatic rings. The van der Waals surface area contributed by atoms with Crippen LogP contribution in [0.1, 0.15) is 33.1 Å². The summed E-state index contributed by atoms with van der Waals surface area (Å²) < 4.78 is 5.74. The minimum atomic E-state index is -0.988. The minimum absolute atomic E-state index is 0.194. The van der Waals surface area contributed by atoms with E-state index in [4.69, 9.17) is 22.8 Å². The lowest BCUT2D eigenvalue weighted by Gasteiger charge is -2.25. The predicted octanol–water partition coefficient (Wildman–Crippen LogP) is 3.58. The molecule has 0 aromatic heterocycles. The van der Waals surface area contributed by atoms with Crippen molar-refractivity contribution in [2.45, 2.75) is 44.4 Å². The van der Waals surface area contributed by atoms with Crippen LogP contribution >= 0.6 is 11.6 Å². The Balaban J connectivity index is 1.80. The van der Waals surface area contributed by atoms with Crippen LogP contribution in [0.15, 0.2) is 34.5 Å². The highest BCUT2D eigenvalue weighted by molar-refractivity contribution is 6.30. The van der Waals surface area contributed by atoms with E-state index < -0.39 is 5.60 Å². The van der Waals surface area contributed by atoms with Crippen molar-refractivity contribution in [3.8, 4) is 18.1 Å². The molecule has 0 aliphatic carbocycles. The van der Waals surface area contributed by atoms with Crippen LogP contribution < -0.4 is 10.1 Å². The molecule has 122 valence electrons. The second-order valence-electron chi connectivity index (χ2n) is 5.96. The van der Waals surface area contributed by atoms with E-state index in [-0.39, 0.29) is 11.6 Å². The van der Waals surface area contributed by atoms with Gasteiger partial charge in [0.15, 0.2) is 11.3 Å². The lowest BCUT2D eigenvalue weighted by atomic mass is 10.0. The SMILES string of the molecule is C#CCCC1(CCNC(=O)C(C)(C)Oc2ccc(Cl)cc2)N=N1. The Kier molecular flexibility index (Phi) is 5.27. The number of halogens is 1. The van der Waals surface area contributed by atoms with Gasteiger partial charge in [0, 0.05) is 30.8 Å². The highest BCUT2D eigenvalue weighted by atomic mass is 35.5. The van der Waals surface area contributed by atoms with Gasteiger partial charge in [-0.25, -0.2) is 0 Å². The number of rotatable bonds is 8. The summed E-state index contributed by atoms with van der Waals surface area (Å²) in [5, 5.41) is 11.6. The number of ether oxygens (including phenoxy) is 1. The second-order valence-corrected chi connectivity index (χ2v) is 6.40. The summed E-state index contributed by atoms with van der Waals surface area (Å²) in [7, 11) is 0. The first-order chi connectivity index (χ1) is 10.9. The molecule has 0 saturated heterocycles. The smallest absolute Gasteiger partial charge is 0.263 e. The van der Waals surface area contributed by atoms with Gasteiger partial charge in [-0.3, -0.25) is 4.79 Å². The van der Waals surface area contributed by atoms with Crippen molar-refractivity contribution in [2.75, 3.05) is 6.54 Å². The van der Waals surface area contributed by atoms with E-state index >= 15 is 0 Å². The Morgan fingerprint density at radius 3 is 2.57 bits per heavy atom. The average molecular weight is 334 g/mol. The number of carbonyl (C=O) groups is 1. The molecule has 0 fully saturated rings. The van der Waals surface area contributed by atoms with Crippen molar-refractivity contribution in [1.82, 2.24) is 5.32 Å². The molecule has 5 nitrogen and oxygen atoms in total. The van der Waals surface area contributed by atoms with Crippen LogP contribution in [-0.2, 0) is 4.79 Å². The summed E-state index contributed by atoms with van der Waals surface area (Å²) in [6.07, 6.45) is 7.26. The molecule has 23 heavy (non-hydrogen) atoms. The number of carbonyl (C=O) groups excluding carboxylic acids is 1. The molecular weight excluding hydrogens is 314 g/mol. The van der Waals surface area contributed by atoms with Crippen molar-refractivity contribution in [2.24, 2.45) is 10.2 Å². The van der Waals surface area contributed by atoms with E-state index in [2.05, 4.69) is 21.5 Å². The fourth-order valence-corrected chi connectivity index (χ4v) is 2.23. The number of amides is 1. The molecule has 1 heterocycles. The molecule has 0 spiro atoms. The van der Waals surface area contributed by atoms with Crippen LogP contribution in [-0.4, -0.2) is 23.7 Å². The number of hydrogen-bond acceptors (Lipinski definition) is 4. The fourth-order valence-electron chi connectivity index (χ4n) is 2.10. The largest absolute Gasteiger partial charge is 0.478 e. The van der Waals surface area contributed by atoms with Crippen molar-refractivity contribution < 1.29 is 9.53 Å². The predicted molar refractivity (Wildman–Crippen MR) is 89.4 cm³/mol. The maximum atomic E-state index is 12.3. The molecule has 1 aliphatic heterocycles. The van der Waals surface area contributed by atoms with Crippen molar-refractivity contribution in [3.63, 3.8) is 0 Å². The standard InChI is InChI=1S/C17H20ClN3O2/c1-4-5-10-17(20-21-17)11-12-19-15(22)16(2,3)23-14-8-6-13(18)7-9-14/h1,6-9H,5,10-12H2,2-3H3,(H,19,22). The monoisotopic (exact) mass is 333 g/mol. The van der Waals surface area contributed by atoms with Gasteiger partial charge in [0.2, 0.25) is 0 Å². The van der Waals surface area contributed by atoms with Gasteiger partial charge in [-0.1, -0.05) is 11.6 Å². The Morgan fingerprint density at radius 2 is 2.00 bits per heavy atom. The number of benzene rings is 1. The molecule has 1 aromatic carbocycles. The zero-order valence-corrected chi connectivity index (χ0v) is 14.1. The molecule has 1 aliphatic rings. The van der Waals surface area contributed by atoms with E-state index in [0.717, 1.165) is 6.42 Å². The second kappa shape index (κ2) is 7.01. The Labute approximate surface area is 141 Å². The first-order valence-corrected chi connectivity index (χ1v) is 7.85. The van der Waals surface area contributed by atoms with Gasteiger partial charge in [0.1, 0.15) is 5.75 Å². The van der Waals surface area contributed by atoms with Crippen molar-refractivity contribution >= 4 is 17.5 Å². The third kappa shape index (κ3) is 4.97. The van der Waals surface area contributed by atoms with Crippen LogP contribution in [0.2, 0.25) is 5.02 Å². The molecule has 0 atom stereocenters. The van der Waals surface area contributed by atoms with E-state index in [1.165, 1.54) is 0 Å². The summed E-state index contributed by atoms with van der Waals surface area (Å²) in [6, 6.07) is 6.90. The van der Waals surface area contributed by atoms with Gasteiger partial charge in [0.25, 0.3) is 5.91 Å². The van der Waals surface area contributed by atoms with Crippen LogP contribution in [0.3, 0.4) is 0 Å². The third-order valence-corrected chi connectivity index (χ3v) is 3.85. The summed E-state index contributed by atoms with van der Waals surface area (Å²) >= 11 is 5.83. The molecule has 2 rings (SSSR count). The molecule has 1 N–H and O–H groups in total. The lowest BCUT2D eigenvalue weighted by molar-refractivity contribution is -0.134. The highest BCUT2D eigenvalue weighted by Gasteiger charge is 2.39. The zero-order valence-electron chi connectivity index (χ0n) is 13.3. The van der Waals surface area contributed by atoms with Gasteiger partial charge in [0.05, 0.1) is 0 Å². The summed E-state index contributed by atoms with van der Waals surface area (Å²) in [4.78, 5) is 12.3. The van der Waals surface area contributed by atoms with E-state index in [9.17, 15) is 4.79 Å². The summed E-state index contributed by atoms with van der Waals surface area (Å²) in [6.45, 7) is 3.91. The van der Waals surface area contributed by atoms with Crippen LogP contribution in [0.4, 0.5) is 0 Å². The van der Waals surface area contributed by atoms with Gasteiger partial charge >= 0.3 is 0 Å². The van der Waals surface area contributed by atoms with Crippen molar-refractivity contribution in [1.29, 1.82) is 0 Å². The van der Waals surface area contributed by atoms with E-state index in [1.54, 1.807) is 38.1 Å². The lowest BCUT2D eigenvalue weighted by Crippen LogP contribution is -2.47. The first-order valence-electron chi connectivity index (χ1n) is 7.47. The zero-order chi connectivity index (χ0) is 16.9. The molecule has 6 heteroatoms. The number of terminal acetylenes is 1. The Morgan fingerprint density at radius 1 is 1.35 bits per heavy atom. The third-order valence-electron chi connectivity index (χ3n) is 3.60. The summed E-state index contributed by atoms with van der Waals surface area (Å²) in [5.41, 5.74) is -1.38. The quantitative estimate of drug-likeness (QED) is 0.739. The first kappa shape index (κ1) is 17.3. The Bertz CT molecular complexity index is 626. The maximum absolute atomic E-state index is 12.3. The molecule has 1 amide bonds. The number of hydrogen-bond donors (Lipinski definition) is 1. The molecule has 0 unspecified atom stereocenters. The van der Waals surface area contributed by atoms with E-state index in [0.29, 0.717) is 30.2 Å². The van der Waals surface area contributed by atoms with Crippen molar-refractivity contribution in [3.05, 3.63) is 29.3 Å². The molecular formula is C17H20ClN3O2.